The van der Waals surface area contributed by atoms with E-state index in [2.05, 4.69) is 5.32 Å². The van der Waals surface area contributed by atoms with Crippen LogP contribution in [0, 0.1) is 0 Å². The first-order chi connectivity index (χ1) is 15.0. The Bertz CT molecular complexity index is 1100. The third kappa shape index (κ3) is 5.65. The average Bonchev–Trinajstić information content (AvgIpc) is 3.28. The molecule has 1 amide bonds. The fraction of sp³-hybridized carbons (Fsp3) is 0.261. The van der Waals surface area contributed by atoms with E-state index in [1.54, 1.807) is 48.6 Å². The van der Waals surface area contributed by atoms with Gasteiger partial charge in [-0.15, -0.1) is 11.3 Å². The average molecular weight is 459 g/mol. The zero-order chi connectivity index (χ0) is 22.3. The molecule has 0 aliphatic rings. The van der Waals surface area contributed by atoms with Crippen molar-refractivity contribution in [1.82, 2.24) is 0 Å². The van der Waals surface area contributed by atoms with Crippen LogP contribution in [-0.4, -0.2) is 28.0 Å². The van der Waals surface area contributed by atoms with E-state index in [1.165, 1.54) is 28.4 Å². The van der Waals surface area contributed by atoms with Crippen LogP contribution in [0.1, 0.15) is 24.6 Å². The smallest absolute Gasteiger partial charge is 0.264 e. The van der Waals surface area contributed by atoms with Gasteiger partial charge in [0.2, 0.25) is 5.91 Å². The molecule has 0 aliphatic carbocycles. The number of carbonyl (C=O) groups is 1. The number of nitrogens with one attached hydrogen (secondary N) is 1. The molecule has 0 saturated carbocycles. The number of aryl methyl sites for hydroxylation is 1. The maximum absolute atomic E-state index is 13.3. The lowest BCUT2D eigenvalue weighted by atomic mass is 10.2. The molecular weight excluding hydrogens is 432 g/mol. The van der Waals surface area contributed by atoms with Crippen LogP contribution in [0.5, 0.6) is 5.75 Å². The zero-order valence-electron chi connectivity index (χ0n) is 17.6. The quantitative estimate of drug-likeness (QED) is 0.467. The maximum atomic E-state index is 13.3. The first-order valence-corrected chi connectivity index (χ1v) is 12.4. The molecule has 1 N–H and O–H groups in total. The molecule has 0 atom stereocenters. The van der Waals surface area contributed by atoms with Crippen LogP contribution in [0.2, 0.25) is 0 Å². The number of thiophene rings is 1. The summed E-state index contributed by atoms with van der Waals surface area (Å²) >= 11 is 1.67. The molecule has 0 saturated heterocycles. The lowest BCUT2D eigenvalue weighted by Crippen LogP contribution is -2.30. The Labute approximate surface area is 187 Å². The fourth-order valence-electron chi connectivity index (χ4n) is 3.25. The van der Waals surface area contributed by atoms with Crippen molar-refractivity contribution in [2.75, 3.05) is 23.3 Å². The van der Waals surface area contributed by atoms with Crippen molar-refractivity contribution in [3.05, 3.63) is 70.9 Å². The lowest BCUT2D eigenvalue weighted by molar-refractivity contribution is -0.116. The molecule has 164 valence electrons. The molecule has 1 aromatic heterocycles. The Balaban J connectivity index is 1.78. The number of amides is 1. The van der Waals surface area contributed by atoms with E-state index >= 15 is 0 Å². The van der Waals surface area contributed by atoms with Crippen LogP contribution in [0.3, 0.4) is 0 Å². The van der Waals surface area contributed by atoms with Crippen molar-refractivity contribution in [2.45, 2.75) is 31.1 Å². The van der Waals surface area contributed by atoms with Crippen LogP contribution in [0.25, 0.3) is 0 Å². The highest BCUT2D eigenvalue weighted by Gasteiger charge is 2.25. The van der Waals surface area contributed by atoms with Gasteiger partial charge in [0.25, 0.3) is 10.0 Å². The Morgan fingerprint density at radius 1 is 1.10 bits per heavy atom. The Hall–Kier alpha value is -2.84. The van der Waals surface area contributed by atoms with E-state index in [1.807, 2.05) is 23.6 Å². The number of ether oxygens (including phenoxy) is 1. The largest absolute Gasteiger partial charge is 0.495 e. The number of anilines is 2. The van der Waals surface area contributed by atoms with Gasteiger partial charge in [0.05, 0.1) is 23.4 Å². The third-order valence-corrected chi connectivity index (χ3v) is 7.61. The van der Waals surface area contributed by atoms with Gasteiger partial charge in [-0.2, -0.15) is 0 Å². The second kappa shape index (κ2) is 10.5. The normalized spacial score (nSPS) is 11.2. The van der Waals surface area contributed by atoms with Gasteiger partial charge in [-0.05, 0) is 61.5 Å². The molecule has 0 bridgehead atoms. The molecule has 0 unspecified atom stereocenters. The molecule has 8 heteroatoms. The van der Waals surface area contributed by atoms with E-state index in [0.29, 0.717) is 30.0 Å². The Morgan fingerprint density at radius 3 is 2.52 bits per heavy atom. The van der Waals surface area contributed by atoms with E-state index < -0.39 is 10.0 Å². The van der Waals surface area contributed by atoms with Gasteiger partial charge < -0.3 is 10.1 Å². The number of sulfonamides is 1. The van der Waals surface area contributed by atoms with Crippen molar-refractivity contribution in [2.24, 2.45) is 0 Å². The molecular formula is C23H26N2O4S2. The van der Waals surface area contributed by atoms with Crippen molar-refractivity contribution in [3.63, 3.8) is 0 Å². The SMILES string of the molecule is CCN(c1ccccc1)S(=O)(=O)c1ccc(OC)c(NC(=O)CCCc2cccs2)c1. The van der Waals surface area contributed by atoms with Crippen LogP contribution >= 0.6 is 11.3 Å². The minimum atomic E-state index is -3.81. The molecule has 3 aromatic rings. The van der Waals surface area contributed by atoms with Crippen molar-refractivity contribution in [1.29, 1.82) is 0 Å². The molecule has 31 heavy (non-hydrogen) atoms. The van der Waals surface area contributed by atoms with Crippen LogP contribution < -0.4 is 14.4 Å². The van der Waals surface area contributed by atoms with Gasteiger partial charge in [-0.1, -0.05) is 24.3 Å². The summed E-state index contributed by atoms with van der Waals surface area (Å²) in [5.41, 5.74) is 0.925. The number of para-hydroxylation sites is 1. The number of rotatable bonds is 10. The number of nitrogens with zero attached hydrogens (tertiary/aromatic N) is 1. The summed E-state index contributed by atoms with van der Waals surface area (Å²) in [7, 11) is -2.32. The lowest BCUT2D eigenvalue weighted by Gasteiger charge is -2.23. The molecule has 0 spiro atoms. The van der Waals surface area contributed by atoms with E-state index in [0.717, 1.165) is 6.42 Å². The topological polar surface area (TPSA) is 75.7 Å². The minimum absolute atomic E-state index is 0.0906. The van der Waals surface area contributed by atoms with Crippen molar-refractivity contribution >= 4 is 38.6 Å². The predicted octanol–water partition coefficient (Wildman–Crippen LogP) is 4.93. The highest BCUT2D eigenvalue weighted by molar-refractivity contribution is 7.92. The predicted molar refractivity (Wildman–Crippen MR) is 126 cm³/mol. The standard InChI is InChI=1S/C23H26N2O4S2/c1-3-25(18-9-5-4-6-10-18)31(27,28)20-14-15-22(29-2)21(17-20)24-23(26)13-7-11-19-12-8-16-30-19/h4-6,8-10,12,14-17H,3,7,11,13H2,1-2H3,(H,24,26). The van der Waals surface area contributed by atoms with Gasteiger partial charge in [0.15, 0.2) is 0 Å². The molecule has 0 fully saturated rings. The zero-order valence-corrected chi connectivity index (χ0v) is 19.2. The molecule has 3 rings (SSSR count). The maximum Gasteiger partial charge on any atom is 0.264 e. The van der Waals surface area contributed by atoms with Crippen LogP contribution in [-0.2, 0) is 21.2 Å². The molecule has 2 aromatic carbocycles. The summed E-state index contributed by atoms with van der Waals surface area (Å²) in [5, 5.41) is 4.82. The Morgan fingerprint density at radius 2 is 1.87 bits per heavy atom. The van der Waals surface area contributed by atoms with Gasteiger partial charge in [0.1, 0.15) is 5.75 Å². The Kier molecular flexibility index (Phi) is 7.70. The summed E-state index contributed by atoms with van der Waals surface area (Å²) in [6, 6.07) is 17.5. The molecule has 6 nitrogen and oxygen atoms in total. The fourth-order valence-corrected chi connectivity index (χ4v) is 5.50. The number of methoxy groups -OCH3 is 1. The first-order valence-electron chi connectivity index (χ1n) is 10.0. The minimum Gasteiger partial charge on any atom is -0.495 e. The van der Waals surface area contributed by atoms with Crippen LogP contribution in [0.4, 0.5) is 11.4 Å². The van der Waals surface area contributed by atoms with Gasteiger partial charge >= 0.3 is 0 Å². The van der Waals surface area contributed by atoms with E-state index in [9.17, 15) is 13.2 Å². The molecule has 0 radical (unpaired) electrons. The summed E-state index contributed by atoms with van der Waals surface area (Å²) in [4.78, 5) is 13.8. The molecule has 1 heterocycles. The van der Waals surface area contributed by atoms with Crippen molar-refractivity contribution < 1.29 is 17.9 Å². The highest BCUT2D eigenvalue weighted by Crippen LogP contribution is 2.31. The number of hydrogen-bond acceptors (Lipinski definition) is 5. The number of benzene rings is 2. The molecule has 0 aliphatic heterocycles. The van der Waals surface area contributed by atoms with Gasteiger partial charge in [-0.3, -0.25) is 9.10 Å². The summed E-state index contributed by atoms with van der Waals surface area (Å²) in [6.45, 7) is 2.06. The number of carbonyl (C=O) groups excluding carboxylic acids is 1. The summed E-state index contributed by atoms with van der Waals surface area (Å²) in [6.07, 6.45) is 1.88. The second-order valence-corrected chi connectivity index (χ2v) is 9.74. The van der Waals surface area contributed by atoms with Gasteiger partial charge in [-0.25, -0.2) is 8.42 Å². The van der Waals surface area contributed by atoms with Crippen molar-refractivity contribution in [3.8, 4) is 5.75 Å². The van der Waals surface area contributed by atoms with Crippen LogP contribution in [0.15, 0.2) is 70.9 Å². The van der Waals surface area contributed by atoms with E-state index in [-0.39, 0.29) is 17.3 Å². The second-order valence-electron chi connectivity index (χ2n) is 6.85. The van der Waals surface area contributed by atoms with E-state index in [4.69, 9.17) is 4.74 Å². The third-order valence-electron chi connectivity index (χ3n) is 4.77. The summed E-state index contributed by atoms with van der Waals surface area (Å²) in [5.74, 6) is 0.230. The monoisotopic (exact) mass is 458 g/mol. The highest BCUT2D eigenvalue weighted by atomic mass is 32.2. The first kappa shape index (κ1) is 22.8. The number of hydrogen-bond donors (Lipinski definition) is 1. The summed E-state index contributed by atoms with van der Waals surface area (Å²) < 4.78 is 33.2. The van der Waals surface area contributed by atoms with Gasteiger partial charge in [0, 0.05) is 17.8 Å².